The van der Waals surface area contributed by atoms with Crippen LogP contribution in [0, 0.1) is 0 Å². The van der Waals surface area contributed by atoms with E-state index in [1.165, 1.54) is 0 Å². The van der Waals surface area contributed by atoms with Crippen LogP contribution in [0.3, 0.4) is 0 Å². The Morgan fingerprint density at radius 1 is 0.850 bits per heavy atom. The largest absolute Gasteiger partial charge is 0.507 e. The van der Waals surface area contributed by atoms with Crippen LogP contribution in [0.1, 0.15) is 76.3 Å². The quantitative estimate of drug-likeness (QED) is 0.330. The Bertz CT molecular complexity index is 1330. The van der Waals surface area contributed by atoms with E-state index in [1.807, 2.05) is 42.5 Å². The van der Waals surface area contributed by atoms with Crippen LogP contribution >= 0.6 is 0 Å². The molecule has 1 unspecified atom stereocenters. The minimum Gasteiger partial charge on any atom is -0.507 e. The fraction of sp³-hybridized carbons (Fsp3) is 0.394. The van der Waals surface area contributed by atoms with E-state index in [9.17, 15) is 14.7 Å². The third-order valence-corrected chi connectivity index (χ3v) is 6.94. The number of aryl methyl sites for hydroxylation is 1. The van der Waals surface area contributed by atoms with Crippen LogP contribution in [-0.2, 0) is 26.8 Å². The monoisotopic (exact) mass is 544 g/mol. The van der Waals surface area contributed by atoms with Crippen molar-refractivity contribution < 1.29 is 24.2 Å². The normalized spacial score (nSPS) is 13.8. The summed E-state index contributed by atoms with van der Waals surface area (Å²) >= 11 is 0. The number of phenolic OH excluding ortho intramolecular Hbond substituents is 1. The van der Waals surface area contributed by atoms with E-state index in [-0.39, 0.29) is 29.1 Å². The Hall–Kier alpha value is -4.00. The minimum absolute atomic E-state index is 0.193. The number of ether oxygens (including phenoxy) is 2. The van der Waals surface area contributed by atoms with E-state index in [1.54, 1.807) is 18.2 Å². The number of carbonyl (C=O) groups is 2. The highest BCUT2D eigenvalue weighted by Gasteiger charge is 2.27. The molecule has 0 saturated heterocycles. The average molecular weight is 545 g/mol. The van der Waals surface area contributed by atoms with Gasteiger partial charge in [0.15, 0.2) is 11.5 Å². The Kier molecular flexibility index (Phi) is 8.43. The number of carbonyl (C=O) groups excluding carboxylic acids is 2. The van der Waals surface area contributed by atoms with Crippen molar-refractivity contribution in [2.45, 2.75) is 71.3 Å². The van der Waals surface area contributed by atoms with Crippen molar-refractivity contribution in [1.82, 2.24) is 5.32 Å². The number of aromatic hydroxyl groups is 1. The molecule has 7 heteroatoms. The molecule has 212 valence electrons. The predicted octanol–water partition coefficient (Wildman–Crippen LogP) is 6.19. The van der Waals surface area contributed by atoms with Gasteiger partial charge in [0.2, 0.25) is 5.91 Å². The second-order valence-corrected chi connectivity index (χ2v) is 12.3. The van der Waals surface area contributed by atoms with E-state index < -0.39 is 6.04 Å². The topological polar surface area (TPSA) is 96.9 Å². The van der Waals surface area contributed by atoms with Crippen molar-refractivity contribution in [3.8, 4) is 17.2 Å². The van der Waals surface area contributed by atoms with E-state index >= 15 is 0 Å². The van der Waals surface area contributed by atoms with Gasteiger partial charge in [-0.3, -0.25) is 9.59 Å². The van der Waals surface area contributed by atoms with E-state index in [2.05, 4.69) is 52.2 Å². The first-order valence-corrected chi connectivity index (χ1v) is 13.7. The van der Waals surface area contributed by atoms with Crippen molar-refractivity contribution in [1.29, 1.82) is 0 Å². The van der Waals surface area contributed by atoms with Gasteiger partial charge in [0, 0.05) is 18.2 Å². The maximum absolute atomic E-state index is 13.4. The van der Waals surface area contributed by atoms with E-state index in [4.69, 9.17) is 9.47 Å². The number of hydrogen-bond acceptors (Lipinski definition) is 5. The lowest BCUT2D eigenvalue weighted by molar-refractivity contribution is -0.126. The van der Waals surface area contributed by atoms with Crippen LogP contribution in [0.25, 0.3) is 0 Å². The summed E-state index contributed by atoms with van der Waals surface area (Å²) < 4.78 is 11.2. The van der Waals surface area contributed by atoms with Crippen LogP contribution in [0.5, 0.6) is 17.2 Å². The van der Waals surface area contributed by atoms with E-state index in [0.29, 0.717) is 48.1 Å². The van der Waals surface area contributed by atoms with Gasteiger partial charge in [0.25, 0.3) is 5.91 Å². The number of rotatable bonds is 7. The first-order valence-electron chi connectivity index (χ1n) is 13.7. The summed E-state index contributed by atoms with van der Waals surface area (Å²) in [5.41, 5.74) is 3.41. The molecule has 0 aromatic heterocycles. The molecule has 0 spiro atoms. The second-order valence-electron chi connectivity index (χ2n) is 12.3. The number of hydrogen-bond donors (Lipinski definition) is 3. The number of nitrogens with one attached hydrogen (secondary N) is 2. The number of phenols is 1. The summed E-state index contributed by atoms with van der Waals surface area (Å²) in [6.45, 7) is 13.3. The molecule has 40 heavy (non-hydrogen) atoms. The molecule has 0 saturated carbocycles. The third-order valence-electron chi connectivity index (χ3n) is 6.94. The zero-order chi connectivity index (χ0) is 29.1. The van der Waals surface area contributed by atoms with Crippen LogP contribution < -0.4 is 20.1 Å². The minimum atomic E-state index is -0.878. The highest BCUT2D eigenvalue weighted by Crippen LogP contribution is 2.40. The molecule has 1 aliphatic rings. The number of amides is 2. The van der Waals surface area contributed by atoms with Gasteiger partial charge < -0.3 is 25.2 Å². The summed E-state index contributed by atoms with van der Waals surface area (Å²) in [6.07, 6.45) is 0.669. The van der Waals surface area contributed by atoms with Gasteiger partial charge in [-0.1, -0.05) is 84.0 Å². The predicted molar refractivity (Wildman–Crippen MR) is 157 cm³/mol. The Morgan fingerprint density at radius 2 is 1.45 bits per heavy atom. The van der Waals surface area contributed by atoms with Crippen molar-refractivity contribution in [3.05, 3.63) is 82.9 Å². The fourth-order valence-electron chi connectivity index (χ4n) is 4.75. The summed E-state index contributed by atoms with van der Waals surface area (Å²) in [6, 6.07) is 17.5. The molecule has 3 N–H and O–H groups in total. The lowest BCUT2D eigenvalue weighted by atomic mass is 9.78. The lowest BCUT2D eigenvalue weighted by Gasteiger charge is -2.28. The standard InChI is InChI=1S/C33H40N2O5/c1-32(2,3)24-18-21(19-25(30(24)37)33(4,5)6)12-15-28(36)35-29(22-10-8-7-9-11-22)31(38)34-23-13-14-26-27(20-23)40-17-16-39-26/h7-11,13-14,18-20,29,37H,12,15-17H2,1-6H3,(H,34,38)(H,35,36). The Balaban J connectivity index is 1.51. The maximum Gasteiger partial charge on any atom is 0.251 e. The molecule has 0 radical (unpaired) electrons. The van der Waals surface area contributed by atoms with Crippen molar-refractivity contribution in [2.24, 2.45) is 0 Å². The van der Waals surface area contributed by atoms with Gasteiger partial charge in [-0.2, -0.15) is 0 Å². The van der Waals surface area contributed by atoms with Crippen LogP contribution in [0.4, 0.5) is 5.69 Å². The molecule has 0 fully saturated rings. The summed E-state index contributed by atoms with van der Waals surface area (Å²) in [5, 5.41) is 16.9. The molecule has 1 heterocycles. The zero-order valence-electron chi connectivity index (χ0n) is 24.3. The number of benzene rings is 3. The van der Waals surface area contributed by atoms with Gasteiger partial charge in [0.05, 0.1) is 0 Å². The summed E-state index contributed by atoms with van der Waals surface area (Å²) in [7, 11) is 0. The van der Waals surface area contributed by atoms with Crippen LogP contribution in [0.2, 0.25) is 0 Å². The molecule has 4 rings (SSSR count). The van der Waals surface area contributed by atoms with Crippen molar-refractivity contribution in [3.63, 3.8) is 0 Å². The first kappa shape index (κ1) is 29.0. The van der Waals surface area contributed by atoms with Crippen LogP contribution in [0.15, 0.2) is 60.7 Å². The average Bonchev–Trinajstić information content (AvgIpc) is 2.90. The Labute approximate surface area is 236 Å². The second kappa shape index (κ2) is 11.6. The molecule has 0 bridgehead atoms. The molecule has 1 atom stereocenters. The van der Waals surface area contributed by atoms with Gasteiger partial charge in [-0.15, -0.1) is 0 Å². The third kappa shape index (κ3) is 6.95. The Morgan fingerprint density at radius 3 is 2.05 bits per heavy atom. The van der Waals surface area contributed by atoms with Crippen LogP contribution in [-0.4, -0.2) is 30.1 Å². The van der Waals surface area contributed by atoms with Gasteiger partial charge in [-0.05, 0) is 51.6 Å². The van der Waals surface area contributed by atoms with Crippen molar-refractivity contribution in [2.75, 3.05) is 18.5 Å². The van der Waals surface area contributed by atoms with E-state index in [0.717, 1.165) is 16.7 Å². The molecule has 3 aromatic carbocycles. The molecule has 2 amide bonds. The molecular formula is C33H40N2O5. The molecule has 1 aliphatic heterocycles. The van der Waals surface area contributed by atoms with Gasteiger partial charge in [-0.25, -0.2) is 0 Å². The van der Waals surface area contributed by atoms with Gasteiger partial charge in [0.1, 0.15) is 25.0 Å². The first-order chi connectivity index (χ1) is 18.8. The SMILES string of the molecule is CC(C)(C)c1cc(CCC(=O)NC(C(=O)Nc2ccc3c(c2)OCCO3)c2ccccc2)cc(C(C)(C)C)c1O. The molecule has 3 aromatic rings. The number of fused-ring (bicyclic) bond motifs is 1. The maximum atomic E-state index is 13.4. The zero-order valence-corrected chi connectivity index (χ0v) is 24.3. The van der Waals surface area contributed by atoms with Gasteiger partial charge >= 0.3 is 0 Å². The lowest BCUT2D eigenvalue weighted by Crippen LogP contribution is -2.37. The highest BCUT2D eigenvalue weighted by atomic mass is 16.6. The smallest absolute Gasteiger partial charge is 0.251 e. The van der Waals surface area contributed by atoms with Crippen molar-refractivity contribution >= 4 is 17.5 Å². The molecule has 7 nitrogen and oxygen atoms in total. The molecule has 0 aliphatic carbocycles. The highest BCUT2D eigenvalue weighted by molar-refractivity contribution is 5.98. The summed E-state index contributed by atoms with van der Waals surface area (Å²) in [5.74, 6) is 0.922. The summed E-state index contributed by atoms with van der Waals surface area (Å²) in [4.78, 5) is 26.6. The molecular weight excluding hydrogens is 504 g/mol. The number of anilines is 1. The fourth-order valence-corrected chi connectivity index (χ4v) is 4.75.